The molecule has 7 nitrogen and oxygen atoms in total. The Labute approximate surface area is 224 Å². The quantitative estimate of drug-likeness (QED) is 0.211. The molecule has 0 radical (unpaired) electrons. The summed E-state index contributed by atoms with van der Waals surface area (Å²) >= 11 is 6.76. The van der Waals surface area contributed by atoms with Crippen LogP contribution in [0.1, 0.15) is 11.1 Å². The fourth-order valence-electron chi connectivity index (χ4n) is 3.47. The zero-order chi connectivity index (χ0) is 26.2. The Kier molecular flexibility index (Phi) is 8.98. The second kappa shape index (κ2) is 12.6. The average Bonchev–Trinajstić information content (AvgIpc) is 3.16. The van der Waals surface area contributed by atoms with Gasteiger partial charge in [0.25, 0.3) is 11.1 Å². The van der Waals surface area contributed by atoms with E-state index >= 15 is 0 Å². The van der Waals surface area contributed by atoms with E-state index in [9.17, 15) is 9.59 Å². The summed E-state index contributed by atoms with van der Waals surface area (Å²) < 4.78 is 22.6. The van der Waals surface area contributed by atoms with Crippen molar-refractivity contribution in [3.05, 3.63) is 87.8 Å². The van der Waals surface area contributed by atoms with Crippen molar-refractivity contribution in [2.75, 3.05) is 33.5 Å². The molecular weight excluding hydrogens is 514 g/mol. The second-order valence-corrected chi connectivity index (χ2v) is 9.49. The summed E-state index contributed by atoms with van der Waals surface area (Å²) in [6.45, 7) is 3.06. The molecule has 37 heavy (non-hydrogen) atoms. The molecule has 0 bridgehead atoms. The molecule has 4 rings (SSSR count). The van der Waals surface area contributed by atoms with Gasteiger partial charge in [-0.3, -0.25) is 14.5 Å². The van der Waals surface area contributed by atoms with Crippen LogP contribution in [0.15, 0.2) is 71.6 Å². The van der Waals surface area contributed by atoms with Gasteiger partial charge >= 0.3 is 0 Å². The lowest BCUT2D eigenvalue weighted by Crippen LogP contribution is -2.32. The highest BCUT2D eigenvalue weighted by Crippen LogP contribution is 2.34. The van der Waals surface area contributed by atoms with Crippen LogP contribution in [-0.2, 0) is 4.79 Å². The number of thioether (sulfide) groups is 1. The first-order valence-electron chi connectivity index (χ1n) is 11.6. The van der Waals surface area contributed by atoms with Crippen LogP contribution in [0.25, 0.3) is 6.08 Å². The van der Waals surface area contributed by atoms with E-state index in [-0.39, 0.29) is 24.3 Å². The third-order valence-electron chi connectivity index (χ3n) is 5.39. The summed E-state index contributed by atoms with van der Waals surface area (Å²) in [6.07, 6.45) is 1.66. The Bertz CT molecular complexity index is 1280. The van der Waals surface area contributed by atoms with Crippen molar-refractivity contribution in [1.29, 1.82) is 0 Å². The summed E-state index contributed by atoms with van der Waals surface area (Å²) in [5.41, 5.74) is 1.88. The van der Waals surface area contributed by atoms with Gasteiger partial charge in [-0.05, 0) is 78.9 Å². The fourth-order valence-corrected chi connectivity index (χ4v) is 4.46. The topological polar surface area (TPSA) is 74.3 Å². The van der Waals surface area contributed by atoms with Gasteiger partial charge in [-0.15, -0.1) is 0 Å². The number of hydrogen-bond acceptors (Lipinski definition) is 7. The smallest absolute Gasteiger partial charge is 0.293 e. The molecule has 0 N–H and O–H groups in total. The average molecular weight is 540 g/mol. The highest BCUT2D eigenvalue weighted by atomic mass is 35.5. The second-order valence-electron chi connectivity index (χ2n) is 8.06. The third-order valence-corrected chi connectivity index (χ3v) is 6.55. The number of halogens is 1. The largest absolute Gasteiger partial charge is 0.493 e. The summed E-state index contributed by atoms with van der Waals surface area (Å²) in [4.78, 5) is 26.7. The van der Waals surface area contributed by atoms with Gasteiger partial charge in [-0.2, -0.15) is 0 Å². The van der Waals surface area contributed by atoms with Crippen LogP contribution in [-0.4, -0.2) is 49.5 Å². The molecular formula is C28H26ClNO6S. The molecule has 1 heterocycles. The highest BCUT2D eigenvalue weighted by molar-refractivity contribution is 8.18. The van der Waals surface area contributed by atoms with E-state index in [4.69, 9.17) is 30.5 Å². The van der Waals surface area contributed by atoms with Gasteiger partial charge in [0.2, 0.25) is 0 Å². The molecule has 0 aliphatic carbocycles. The minimum atomic E-state index is -0.359. The minimum absolute atomic E-state index is 0.144. The Morgan fingerprint density at radius 3 is 2.19 bits per heavy atom. The van der Waals surface area contributed by atoms with E-state index in [0.29, 0.717) is 46.0 Å². The SMILES string of the molecule is COc1cc(/C=C2\SC(=O)N(CCOc3ccc(Cl)cc3)C2=O)ccc1OCCOc1ccc(C)cc1. The molecule has 0 saturated carbocycles. The number of amides is 2. The first kappa shape index (κ1) is 26.4. The molecule has 0 atom stereocenters. The van der Waals surface area contributed by atoms with Crippen molar-refractivity contribution >= 4 is 40.6 Å². The van der Waals surface area contributed by atoms with E-state index in [1.165, 1.54) is 10.5 Å². The Balaban J connectivity index is 1.31. The number of methoxy groups -OCH3 is 1. The number of hydrogen-bond donors (Lipinski definition) is 0. The Morgan fingerprint density at radius 1 is 0.838 bits per heavy atom. The lowest BCUT2D eigenvalue weighted by molar-refractivity contribution is -0.123. The van der Waals surface area contributed by atoms with Crippen LogP contribution in [0.3, 0.4) is 0 Å². The zero-order valence-corrected chi connectivity index (χ0v) is 22.0. The fraction of sp³-hybridized carbons (Fsp3) is 0.214. The third kappa shape index (κ3) is 7.21. The summed E-state index contributed by atoms with van der Waals surface area (Å²) in [6, 6.07) is 20.0. The van der Waals surface area contributed by atoms with Crippen LogP contribution in [0, 0.1) is 6.92 Å². The predicted molar refractivity (Wildman–Crippen MR) is 145 cm³/mol. The van der Waals surface area contributed by atoms with Crippen molar-refractivity contribution in [1.82, 2.24) is 4.90 Å². The summed E-state index contributed by atoms with van der Waals surface area (Å²) in [7, 11) is 1.54. The molecule has 192 valence electrons. The maximum absolute atomic E-state index is 12.8. The van der Waals surface area contributed by atoms with Crippen molar-refractivity contribution < 1.29 is 28.5 Å². The monoisotopic (exact) mass is 539 g/mol. The maximum atomic E-state index is 12.8. The number of nitrogens with zero attached hydrogens (tertiary/aromatic N) is 1. The molecule has 3 aromatic carbocycles. The summed E-state index contributed by atoms with van der Waals surface area (Å²) in [5.74, 6) is 2.10. The van der Waals surface area contributed by atoms with Gasteiger partial charge in [-0.1, -0.05) is 35.4 Å². The molecule has 9 heteroatoms. The molecule has 0 aromatic heterocycles. The van der Waals surface area contributed by atoms with E-state index in [1.807, 2.05) is 31.2 Å². The number of rotatable bonds is 11. The van der Waals surface area contributed by atoms with Gasteiger partial charge in [0.1, 0.15) is 31.3 Å². The molecule has 1 saturated heterocycles. The van der Waals surface area contributed by atoms with Crippen molar-refractivity contribution in [3.63, 3.8) is 0 Å². The minimum Gasteiger partial charge on any atom is -0.493 e. The molecule has 1 fully saturated rings. The first-order chi connectivity index (χ1) is 17.9. The van der Waals surface area contributed by atoms with E-state index in [2.05, 4.69) is 0 Å². The van der Waals surface area contributed by atoms with Gasteiger partial charge in [0.15, 0.2) is 11.5 Å². The van der Waals surface area contributed by atoms with E-state index in [0.717, 1.165) is 17.5 Å². The highest BCUT2D eigenvalue weighted by Gasteiger charge is 2.34. The molecule has 1 aliphatic heterocycles. The number of imide groups is 1. The van der Waals surface area contributed by atoms with Crippen molar-refractivity contribution in [2.24, 2.45) is 0 Å². The number of benzene rings is 3. The van der Waals surface area contributed by atoms with Gasteiger partial charge in [-0.25, -0.2) is 0 Å². The molecule has 1 aliphatic rings. The van der Waals surface area contributed by atoms with Crippen LogP contribution in [0.2, 0.25) is 5.02 Å². The predicted octanol–water partition coefficient (Wildman–Crippen LogP) is 6.23. The molecule has 2 amide bonds. The lowest BCUT2D eigenvalue weighted by Gasteiger charge is -2.13. The zero-order valence-electron chi connectivity index (χ0n) is 20.4. The molecule has 0 spiro atoms. The van der Waals surface area contributed by atoms with Gasteiger partial charge < -0.3 is 18.9 Å². The Hall–Kier alpha value is -3.62. The van der Waals surface area contributed by atoms with Crippen LogP contribution in [0.5, 0.6) is 23.0 Å². The number of ether oxygens (including phenoxy) is 4. The standard InChI is InChI=1S/C28H26ClNO6S/c1-19-3-8-22(9-4-19)35-15-16-36-24-12-5-20(17-25(24)33-2)18-26-27(31)30(28(32)37-26)13-14-34-23-10-6-21(29)7-11-23/h3-12,17-18H,13-16H2,1-2H3/b26-18-. The van der Waals surface area contributed by atoms with Crippen LogP contribution in [0.4, 0.5) is 4.79 Å². The lowest BCUT2D eigenvalue weighted by atomic mass is 10.2. The molecule has 0 unspecified atom stereocenters. The number of aryl methyl sites for hydroxylation is 1. The van der Waals surface area contributed by atoms with Gasteiger partial charge in [0, 0.05) is 5.02 Å². The van der Waals surface area contributed by atoms with Crippen molar-refractivity contribution in [2.45, 2.75) is 6.92 Å². The normalized spacial score (nSPS) is 14.2. The van der Waals surface area contributed by atoms with E-state index in [1.54, 1.807) is 55.7 Å². The van der Waals surface area contributed by atoms with Crippen LogP contribution < -0.4 is 18.9 Å². The number of carbonyl (C=O) groups excluding carboxylic acids is 2. The Morgan fingerprint density at radius 2 is 1.49 bits per heavy atom. The van der Waals surface area contributed by atoms with Crippen molar-refractivity contribution in [3.8, 4) is 23.0 Å². The van der Waals surface area contributed by atoms with Gasteiger partial charge in [0.05, 0.1) is 18.6 Å². The summed E-state index contributed by atoms with van der Waals surface area (Å²) in [5, 5.41) is 0.267. The molecule has 3 aromatic rings. The first-order valence-corrected chi connectivity index (χ1v) is 12.8. The van der Waals surface area contributed by atoms with Crippen LogP contribution >= 0.6 is 23.4 Å². The van der Waals surface area contributed by atoms with E-state index < -0.39 is 0 Å². The number of carbonyl (C=O) groups is 2. The maximum Gasteiger partial charge on any atom is 0.293 e.